The Morgan fingerprint density at radius 1 is 1.50 bits per heavy atom. The molecular weight excluding hydrogens is 154 g/mol. The van der Waals surface area contributed by atoms with Gasteiger partial charge >= 0.3 is 5.97 Å². The average molecular weight is 171 g/mol. The third-order valence-corrected chi connectivity index (χ3v) is 1.23. The first kappa shape index (κ1) is 11.2. The molecule has 0 aliphatic rings. The van der Waals surface area contributed by atoms with Crippen LogP contribution in [0.5, 0.6) is 0 Å². The lowest BCUT2D eigenvalue weighted by Crippen LogP contribution is -2.20. The molecule has 0 fully saturated rings. The zero-order valence-electron chi connectivity index (χ0n) is 8.09. The molecule has 0 heterocycles. The van der Waals surface area contributed by atoms with E-state index in [-0.39, 0.29) is 5.97 Å². The van der Waals surface area contributed by atoms with E-state index in [9.17, 15) is 4.79 Å². The molecule has 0 rings (SSSR count). The van der Waals surface area contributed by atoms with E-state index in [0.717, 1.165) is 6.42 Å². The lowest BCUT2D eigenvalue weighted by atomic mass is 10.3. The van der Waals surface area contributed by atoms with Crippen molar-refractivity contribution in [2.45, 2.75) is 13.3 Å². The van der Waals surface area contributed by atoms with E-state index in [1.165, 1.54) is 0 Å². The molecule has 0 aliphatic heterocycles. The molecule has 70 valence electrons. The lowest BCUT2D eigenvalue weighted by Gasteiger charge is -2.10. The first-order valence-electron chi connectivity index (χ1n) is 4.07. The van der Waals surface area contributed by atoms with Crippen LogP contribution in [0.25, 0.3) is 0 Å². The minimum absolute atomic E-state index is 0.287. The van der Waals surface area contributed by atoms with Gasteiger partial charge < -0.3 is 9.64 Å². The van der Waals surface area contributed by atoms with Crippen LogP contribution in [-0.2, 0) is 9.53 Å². The third kappa shape index (κ3) is 4.91. The highest BCUT2D eigenvalue weighted by Gasteiger charge is 2.07. The Hall–Kier alpha value is -0.830. The van der Waals surface area contributed by atoms with Crippen molar-refractivity contribution in [3.05, 3.63) is 12.2 Å². The van der Waals surface area contributed by atoms with E-state index >= 15 is 0 Å². The van der Waals surface area contributed by atoms with Crippen molar-refractivity contribution in [2.75, 3.05) is 27.2 Å². The SMILES string of the molecule is C=C(CN(C)C)C(=O)OCCC. The van der Waals surface area contributed by atoms with Gasteiger partial charge in [0.15, 0.2) is 0 Å². The average Bonchev–Trinajstić information content (AvgIpc) is 1.98. The van der Waals surface area contributed by atoms with Crippen molar-refractivity contribution in [3.63, 3.8) is 0 Å². The molecule has 0 aromatic rings. The molecule has 0 atom stereocenters. The number of hydrogen-bond acceptors (Lipinski definition) is 3. The molecule has 0 aromatic heterocycles. The number of esters is 1. The molecular formula is C9H17NO2. The van der Waals surface area contributed by atoms with E-state index in [1.54, 1.807) is 0 Å². The maximum atomic E-state index is 11.1. The minimum Gasteiger partial charge on any atom is -0.462 e. The number of nitrogens with zero attached hydrogens (tertiary/aromatic N) is 1. The molecule has 3 nitrogen and oxygen atoms in total. The molecule has 0 aromatic carbocycles. The van der Waals surface area contributed by atoms with Gasteiger partial charge in [0.2, 0.25) is 0 Å². The van der Waals surface area contributed by atoms with Crippen LogP contribution in [0, 0.1) is 0 Å². The van der Waals surface area contributed by atoms with Gasteiger partial charge in [-0.2, -0.15) is 0 Å². The van der Waals surface area contributed by atoms with Crippen LogP contribution in [0.4, 0.5) is 0 Å². The lowest BCUT2D eigenvalue weighted by molar-refractivity contribution is -0.139. The molecule has 3 heteroatoms. The first-order valence-corrected chi connectivity index (χ1v) is 4.07. The number of hydrogen-bond donors (Lipinski definition) is 0. The van der Waals surface area contributed by atoms with Crippen molar-refractivity contribution in [3.8, 4) is 0 Å². The fourth-order valence-corrected chi connectivity index (χ4v) is 0.743. The summed E-state index contributed by atoms with van der Waals surface area (Å²) in [5, 5.41) is 0. The summed E-state index contributed by atoms with van der Waals surface area (Å²) in [6.45, 7) is 6.63. The topological polar surface area (TPSA) is 29.5 Å². The van der Waals surface area contributed by atoms with Crippen LogP contribution in [0.2, 0.25) is 0 Å². The zero-order valence-corrected chi connectivity index (χ0v) is 8.09. The highest BCUT2D eigenvalue weighted by atomic mass is 16.5. The normalized spacial score (nSPS) is 10.0. The van der Waals surface area contributed by atoms with Crippen molar-refractivity contribution in [2.24, 2.45) is 0 Å². The molecule has 0 bridgehead atoms. The Bertz CT molecular complexity index is 164. The molecule has 0 N–H and O–H groups in total. The summed E-state index contributed by atoms with van der Waals surface area (Å²) >= 11 is 0. The van der Waals surface area contributed by atoms with Crippen LogP contribution < -0.4 is 0 Å². The highest BCUT2D eigenvalue weighted by Crippen LogP contribution is 1.96. The predicted molar refractivity (Wildman–Crippen MR) is 48.9 cm³/mol. The van der Waals surface area contributed by atoms with Gasteiger partial charge in [0.25, 0.3) is 0 Å². The van der Waals surface area contributed by atoms with Gasteiger partial charge in [-0.15, -0.1) is 0 Å². The summed E-state index contributed by atoms with van der Waals surface area (Å²) in [7, 11) is 3.77. The minimum atomic E-state index is -0.287. The van der Waals surface area contributed by atoms with E-state index < -0.39 is 0 Å². The summed E-state index contributed by atoms with van der Waals surface area (Å²) in [5.41, 5.74) is 0.508. The zero-order chi connectivity index (χ0) is 9.56. The van der Waals surface area contributed by atoms with E-state index in [4.69, 9.17) is 4.74 Å². The van der Waals surface area contributed by atoms with Gasteiger partial charge in [0.1, 0.15) is 0 Å². The number of carbonyl (C=O) groups excluding carboxylic acids is 1. The molecule has 0 aliphatic carbocycles. The summed E-state index contributed by atoms with van der Waals surface area (Å²) in [6, 6.07) is 0. The molecule has 0 radical (unpaired) electrons. The Morgan fingerprint density at radius 2 is 2.08 bits per heavy atom. The van der Waals surface area contributed by atoms with Gasteiger partial charge in [0.05, 0.1) is 6.61 Å². The van der Waals surface area contributed by atoms with Crippen LogP contribution in [-0.4, -0.2) is 38.1 Å². The Labute approximate surface area is 74.0 Å². The quantitative estimate of drug-likeness (QED) is 0.457. The summed E-state index contributed by atoms with van der Waals surface area (Å²) in [4.78, 5) is 13.0. The van der Waals surface area contributed by atoms with Crippen LogP contribution in [0.3, 0.4) is 0 Å². The summed E-state index contributed by atoms with van der Waals surface area (Å²) in [6.07, 6.45) is 0.848. The molecule has 0 spiro atoms. The second-order valence-corrected chi connectivity index (χ2v) is 2.98. The van der Waals surface area contributed by atoms with Crippen LogP contribution in [0.1, 0.15) is 13.3 Å². The maximum absolute atomic E-state index is 11.1. The van der Waals surface area contributed by atoms with Crippen LogP contribution >= 0.6 is 0 Å². The Kier molecular flexibility index (Phi) is 5.37. The van der Waals surface area contributed by atoms with Gasteiger partial charge in [-0.3, -0.25) is 0 Å². The highest BCUT2D eigenvalue weighted by molar-refractivity contribution is 5.88. The molecule has 0 unspecified atom stereocenters. The molecule has 0 amide bonds. The van der Waals surface area contributed by atoms with E-state index in [1.807, 2.05) is 25.9 Å². The van der Waals surface area contributed by atoms with Gasteiger partial charge in [0, 0.05) is 12.1 Å². The van der Waals surface area contributed by atoms with Crippen LogP contribution in [0.15, 0.2) is 12.2 Å². The molecule has 0 saturated carbocycles. The van der Waals surface area contributed by atoms with Crippen molar-refractivity contribution in [1.82, 2.24) is 4.90 Å². The van der Waals surface area contributed by atoms with Crippen molar-refractivity contribution < 1.29 is 9.53 Å². The van der Waals surface area contributed by atoms with Gasteiger partial charge in [-0.05, 0) is 20.5 Å². The number of ether oxygens (including phenoxy) is 1. The predicted octanol–water partition coefficient (Wildman–Crippen LogP) is 1.06. The Balaban J connectivity index is 3.70. The third-order valence-electron chi connectivity index (χ3n) is 1.23. The second kappa shape index (κ2) is 5.77. The standard InChI is InChI=1S/C9H17NO2/c1-5-6-12-9(11)8(2)7-10(3)4/h2,5-7H2,1,3-4H3. The molecule has 12 heavy (non-hydrogen) atoms. The fraction of sp³-hybridized carbons (Fsp3) is 0.667. The van der Waals surface area contributed by atoms with Gasteiger partial charge in [-0.25, -0.2) is 4.79 Å². The van der Waals surface area contributed by atoms with Gasteiger partial charge in [-0.1, -0.05) is 13.5 Å². The largest absolute Gasteiger partial charge is 0.462 e. The number of likely N-dealkylation sites (N-methyl/N-ethyl adjacent to an activating group) is 1. The van der Waals surface area contributed by atoms with E-state index in [0.29, 0.717) is 18.7 Å². The fourth-order valence-electron chi connectivity index (χ4n) is 0.743. The Morgan fingerprint density at radius 3 is 2.50 bits per heavy atom. The summed E-state index contributed by atoms with van der Waals surface area (Å²) in [5.74, 6) is -0.287. The second-order valence-electron chi connectivity index (χ2n) is 2.98. The smallest absolute Gasteiger partial charge is 0.334 e. The maximum Gasteiger partial charge on any atom is 0.334 e. The first-order chi connectivity index (χ1) is 5.57. The number of rotatable bonds is 5. The van der Waals surface area contributed by atoms with E-state index in [2.05, 4.69) is 6.58 Å². The number of carbonyl (C=O) groups is 1. The van der Waals surface area contributed by atoms with Crippen molar-refractivity contribution in [1.29, 1.82) is 0 Å². The molecule has 0 saturated heterocycles. The van der Waals surface area contributed by atoms with Crippen molar-refractivity contribution >= 4 is 5.97 Å². The summed E-state index contributed by atoms with van der Waals surface area (Å²) < 4.78 is 4.89. The monoisotopic (exact) mass is 171 g/mol.